The van der Waals surface area contributed by atoms with Crippen molar-refractivity contribution in [3.8, 4) is 0 Å². The lowest BCUT2D eigenvalue weighted by Gasteiger charge is -2.38. The van der Waals surface area contributed by atoms with E-state index in [0.717, 1.165) is 69.4 Å². The number of carbonyl (C=O) groups excluding carboxylic acids is 2. The van der Waals surface area contributed by atoms with E-state index in [1.54, 1.807) is 6.07 Å². The zero-order valence-corrected chi connectivity index (χ0v) is 25.4. The summed E-state index contributed by atoms with van der Waals surface area (Å²) in [5.41, 5.74) is 3.02. The molecule has 2 aromatic rings. The van der Waals surface area contributed by atoms with Crippen molar-refractivity contribution >= 4 is 23.3 Å². The molecule has 0 radical (unpaired) electrons. The van der Waals surface area contributed by atoms with Crippen LogP contribution in [0, 0.1) is 17.7 Å². The van der Waals surface area contributed by atoms with Crippen molar-refractivity contribution in [3.63, 3.8) is 0 Å². The van der Waals surface area contributed by atoms with Crippen LogP contribution in [0.3, 0.4) is 0 Å². The second-order valence-corrected chi connectivity index (χ2v) is 13.2. The highest BCUT2D eigenvalue weighted by molar-refractivity contribution is 6.12. The Morgan fingerprint density at radius 1 is 1.05 bits per heavy atom. The first kappa shape index (κ1) is 30.4. The van der Waals surface area contributed by atoms with E-state index >= 15 is 0 Å². The fourth-order valence-corrected chi connectivity index (χ4v) is 6.83. The Bertz CT molecular complexity index is 1320. The molecule has 2 aliphatic heterocycles. The van der Waals surface area contributed by atoms with Crippen molar-refractivity contribution in [1.82, 2.24) is 10.2 Å². The van der Waals surface area contributed by atoms with E-state index in [4.69, 9.17) is 0 Å². The van der Waals surface area contributed by atoms with Crippen LogP contribution in [-0.4, -0.2) is 58.4 Å². The van der Waals surface area contributed by atoms with Crippen molar-refractivity contribution in [1.29, 1.82) is 0 Å². The minimum atomic E-state index is -0.646. The zero-order valence-electron chi connectivity index (χ0n) is 25.4. The summed E-state index contributed by atoms with van der Waals surface area (Å²) in [4.78, 5) is 35.1. The molecule has 8 heteroatoms. The Morgan fingerprint density at radius 3 is 2.40 bits per heavy atom. The number of benzene rings is 2. The van der Waals surface area contributed by atoms with Gasteiger partial charge in [-0.05, 0) is 121 Å². The Labute approximate surface area is 249 Å². The van der Waals surface area contributed by atoms with Crippen LogP contribution in [0.25, 0.3) is 0 Å². The summed E-state index contributed by atoms with van der Waals surface area (Å²) in [6.45, 7) is 10.5. The molecule has 226 valence electrons. The number of aliphatic hydroxyl groups is 1. The summed E-state index contributed by atoms with van der Waals surface area (Å²) in [7, 11) is 0. The second kappa shape index (κ2) is 12.6. The zero-order chi connectivity index (χ0) is 30.0. The quantitative estimate of drug-likeness (QED) is 0.455. The molecule has 5 rings (SSSR count). The van der Waals surface area contributed by atoms with Gasteiger partial charge in [0.15, 0.2) is 0 Å². The summed E-state index contributed by atoms with van der Waals surface area (Å²) >= 11 is 0. The predicted molar refractivity (Wildman–Crippen MR) is 164 cm³/mol. The summed E-state index contributed by atoms with van der Waals surface area (Å²) < 4.78 is 13.9. The number of hydrogen-bond acceptors (Lipinski definition) is 4. The highest BCUT2D eigenvalue weighted by Crippen LogP contribution is 2.38. The molecule has 0 unspecified atom stereocenters. The van der Waals surface area contributed by atoms with Crippen LogP contribution in [0.2, 0.25) is 0 Å². The van der Waals surface area contributed by atoms with Gasteiger partial charge in [-0.1, -0.05) is 18.2 Å². The Hall–Kier alpha value is -3.10. The van der Waals surface area contributed by atoms with Gasteiger partial charge in [-0.2, -0.15) is 4.99 Å². The molecule has 1 saturated heterocycles. The van der Waals surface area contributed by atoms with Crippen molar-refractivity contribution in [2.75, 3.05) is 18.0 Å². The van der Waals surface area contributed by atoms with E-state index in [1.165, 1.54) is 23.8 Å². The molecule has 0 bridgehead atoms. The molecule has 1 aliphatic carbocycles. The van der Waals surface area contributed by atoms with Crippen molar-refractivity contribution in [2.24, 2.45) is 16.8 Å². The molecular weight excluding hydrogens is 531 g/mol. The average molecular weight is 577 g/mol. The summed E-state index contributed by atoms with van der Waals surface area (Å²) in [5, 5.41) is 13.5. The maximum absolute atomic E-state index is 13.9. The van der Waals surface area contributed by atoms with Crippen LogP contribution in [0.4, 0.5) is 10.1 Å². The number of hydrogen-bond donors (Lipinski definition) is 2. The highest BCUT2D eigenvalue weighted by Gasteiger charge is 2.37. The largest absolute Gasteiger partial charge is 0.390 e. The molecule has 42 heavy (non-hydrogen) atoms. The smallest absolute Gasteiger partial charge is 0.278 e. The van der Waals surface area contributed by atoms with Gasteiger partial charge >= 0.3 is 0 Å². The van der Waals surface area contributed by atoms with Gasteiger partial charge in [0.25, 0.3) is 5.91 Å². The second-order valence-electron chi connectivity index (χ2n) is 13.2. The van der Waals surface area contributed by atoms with Gasteiger partial charge in [-0.25, -0.2) is 4.39 Å². The number of nitrogens with one attached hydrogen (secondary N) is 1. The van der Waals surface area contributed by atoms with Gasteiger partial charge in [0.2, 0.25) is 5.91 Å². The number of likely N-dealkylation sites (tertiary alicyclic amines) is 1. The molecule has 2 aromatic carbocycles. The third-order valence-electron chi connectivity index (χ3n) is 9.19. The Kier molecular flexibility index (Phi) is 9.14. The number of amides is 2. The fraction of sp³-hybridized carbons (Fsp3) is 0.559. The maximum atomic E-state index is 13.9. The first-order valence-electron chi connectivity index (χ1n) is 15.5. The standard InChI is InChI=1S/C34H45FN4O3/c1-22(2)36-32(40)24-10-12-29(13-11-24)39-30-18-23(21-38-16-14-27(15-17-38)34(3,4)42)8-9-25(30)20-31(39)37-33(41)26-6-5-7-28(35)19-26/h5-9,18-19,22,24,27,29,42H,10-17,20-21H2,1-4H3,(H,36,40). The summed E-state index contributed by atoms with van der Waals surface area (Å²) in [5.74, 6) is 0.229. The number of anilines is 1. The van der Waals surface area contributed by atoms with Gasteiger partial charge in [0.05, 0.1) is 5.60 Å². The molecular formula is C34H45FN4O3. The van der Waals surface area contributed by atoms with Gasteiger partial charge in [-0.15, -0.1) is 0 Å². The number of amidine groups is 1. The van der Waals surface area contributed by atoms with E-state index in [2.05, 4.69) is 38.3 Å². The number of fused-ring (bicyclic) bond motifs is 1. The van der Waals surface area contributed by atoms with E-state index < -0.39 is 17.3 Å². The van der Waals surface area contributed by atoms with Crippen molar-refractivity contribution < 1.29 is 19.1 Å². The maximum Gasteiger partial charge on any atom is 0.278 e. The fourth-order valence-electron chi connectivity index (χ4n) is 6.83. The van der Waals surface area contributed by atoms with Gasteiger partial charge in [-0.3, -0.25) is 14.5 Å². The molecule has 2 heterocycles. The van der Waals surface area contributed by atoms with Crippen molar-refractivity contribution in [2.45, 2.75) is 96.9 Å². The first-order chi connectivity index (χ1) is 20.0. The number of carbonyl (C=O) groups is 2. The molecule has 0 aromatic heterocycles. The van der Waals surface area contributed by atoms with E-state index in [9.17, 15) is 19.1 Å². The van der Waals surface area contributed by atoms with Crippen LogP contribution in [0.1, 0.15) is 87.7 Å². The highest BCUT2D eigenvalue weighted by atomic mass is 19.1. The SMILES string of the molecule is CC(C)NC(=O)C1CCC(N2C(=NC(=O)c3cccc(F)c3)Cc3ccc(CN4CCC(C(C)(C)O)CC4)cc32)CC1. The van der Waals surface area contributed by atoms with E-state index in [-0.39, 0.29) is 29.5 Å². The molecule has 1 saturated carbocycles. The Balaban J connectivity index is 1.36. The lowest BCUT2D eigenvalue weighted by Crippen LogP contribution is -2.44. The molecule has 0 atom stereocenters. The molecule has 0 spiro atoms. The first-order valence-corrected chi connectivity index (χ1v) is 15.5. The summed E-state index contributed by atoms with van der Waals surface area (Å²) in [6, 6.07) is 12.5. The number of rotatable bonds is 7. The van der Waals surface area contributed by atoms with Gasteiger partial charge in [0, 0.05) is 42.2 Å². The van der Waals surface area contributed by atoms with Crippen LogP contribution in [0.5, 0.6) is 0 Å². The molecule has 2 N–H and O–H groups in total. The van der Waals surface area contributed by atoms with Crippen LogP contribution in [0.15, 0.2) is 47.5 Å². The number of halogens is 1. The monoisotopic (exact) mass is 576 g/mol. The predicted octanol–water partition coefficient (Wildman–Crippen LogP) is 5.49. The lowest BCUT2D eigenvalue weighted by molar-refractivity contribution is -0.126. The van der Waals surface area contributed by atoms with Crippen molar-refractivity contribution in [3.05, 3.63) is 65.0 Å². The lowest BCUT2D eigenvalue weighted by atomic mass is 9.83. The third-order valence-corrected chi connectivity index (χ3v) is 9.19. The molecule has 3 aliphatic rings. The van der Waals surface area contributed by atoms with Crippen LogP contribution in [-0.2, 0) is 17.8 Å². The summed E-state index contributed by atoms with van der Waals surface area (Å²) in [6.07, 6.45) is 5.74. The number of piperidine rings is 1. The average Bonchev–Trinajstić information content (AvgIpc) is 3.29. The van der Waals surface area contributed by atoms with Gasteiger partial charge < -0.3 is 15.3 Å². The van der Waals surface area contributed by atoms with Crippen LogP contribution < -0.4 is 10.2 Å². The molecule has 2 fully saturated rings. The Morgan fingerprint density at radius 2 is 1.76 bits per heavy atom. The molecule has 7 nitrogen and oxygen atoms in total. The third kappa shape index (κ3) is 7.09. The normalized spacial score (nSPS) is 22.9. The minimum Gasteiger partial charge on any atom is -0.390 e. The van der Waals surface area contributed by atoms with E-state index in [0.29, 0.717) is 18.2 Å². The minimum absolute atomic E-state index is 0.00167. The van der Waals surface area contributed by atoms with Crippen LogP contribution >= 0.6 is 0 Å². The number of aliphatic imine (C=N–C) groups is 1. The number of nitrogens with zero attached hydrogens (tertiary/aromatic N) is 3. The van der Waals surface area contributed by atoms with Gasteiger partial charge in [0.1, 0.15) is 11.7 Å². The molecule has 2 amide bonds. The topological polar surface area (TPSA) is 85.2 Å². The van der Waals surface area contributed by atoms with E-state index in [1.807, 2.05) is 27.7 Å².